The van der Waals surface area contributed by atoms with Crippen LogP contribution in [0.2, 0.25) is 0 Å². The second-order valence-electron chi connectivity index (χ2n) is 11.2. The lowest BCUT2D eigenvalue weighted by Gasteiger charge is -2.36. The van der Waals surface area contributed by atoms with Crippen LogP contribution in [0.4, 0.5) is 22.7 Å². The van der Waals surface area contributed by atoms with Crippen molar-refractivity contribution in [3.05, 3.63) is 132 Å². The maximum absolute atomic E-state index is 3.75. The SMILES string of the molecule is CC1=CC(N2c3ccccc3-c3cc4c(cc3-c3ccccc32)N(c2cccc3ccccc23)CC4)NC(C)=C1. The zero-order valence-electron chi connectivity index (χ0n) is 22.9. The summed E-state index contributed by atoms with van der Waals surface area (Å²) < 4.78 is 0. The first-order valence-electron chi connectivity index (χ1n) is 14.2. The highest BCUT2D eigenvalue weighted by Crippen LogP contribution is 2.52. The standard InChI is InChI=1S/C37H31N3/c1-24-20-25(2)38-37(21-24)40-34-15-7-5-13-29(34)31-22-27-18-19-39(33-17-9-11-26-10-3-4-12-28(26)33)36(27)23-32(31)30-14-6-8-16-35(30)40/h3-17,20-23,37-38H,18-19H2,1-2H3. The highest BCUT2D eigenvalue weighted by molar-refractivity contribution is 6.03. The molecule has 0 aromatic heterocycles. The predicted octanol–water partition coefficient (Wildman–Crippen LogP) is 9.10. The summed E-state index contributed by atoms with van der Waals surface area (Å²) in [6.07, 6.45) is 5.61. The molecule has 3 aliphatic rings. The molecule has 194 valence electrons. The predicted molar refractivity (Wildman–Crippen MR) is 169 cm³/mol. The van der Waals surface area contributed by atoms with Crippen LogP contribution in [-0.4, -0.2) is 12.7 Å². The fraction of sp³-hybridized carbons (Fsp3) is 0.135. The molecule has 0 bridgehead atoms. The van der Waals surface area contributed by atoms with E-state index < -0.39 is 0 Å². The van der Waals surface area contributed by atoms with Crippen LogP contribution in [0.5, 0.6) is 0 Å². The van der Waals surface area contributed by atoms with Crippen molar-refractivity contribution in [2.24, 2.45) is 0 Å². The van der Waals surface area contributed by atoms with Gasteiger partial charge in [-0.1, -0.05) is 72.8 Å². The molecule has 1 N–H and O–H groups in total. The van der Waals surface area contributed by atoms with Crippen molar-refractivity contribution in [3.8, 4) is 22.3 Å². The quantitative estimate of drug-likeness (QED) is 0.252. The average Bonchev–Trinajstić information content (AvgIpc) is 3.34. The van der Waals surface area contributed by atoms with Crippen molar-refractivity contribution < 1.29 is 0 Å². The van der Waals surface area contributed by atoms with Gasteiger partial charge in [-0.05, 0) is 90.4 Å². The number of anilines is 4. The Bertz CT molecular complexity index is 1870. The van der Waals surface area contributed by atoms with Crippen molar-refractivity contribution in [1.82, 2.24) is 5.32 Å². The second kappa shape index (κ2) is 8.89. The number of fused-ring (bicyclic) bond motifs is 7. The van der Waals surface area contributed by atoms with Gasteiger partial charge in [0, 0.05) is 40.1 Å². The minimum atomic E-state index is 0.0284. The number of benzene rings is 5. The lowest BCUT2D eigenvalue weighted by molar-refractivity contribution is 0.663. The summed E-state index contributed by atoms with van der Waals surface area (Å²) >= 11 is 0. The normalized spacial score (nSPS) is 17.2. The van der Waals surface area contributed by atoms with Gasteiger partial charge in [0.05, 0.1) is 11.4 Å². The largest absolute Gasteiger partial charge is 0.365 e. The monoisotopic (exact) mass is 517 g/mol. The third-order valence-corrected chi connectivity index (χ3v) is 8.60. The zero-order valence-corrected chi connectivity index (χ0v) is 22.9. The summed E-state index contributed by atoms with van der Waals surface area (Å²) in [5.41, 5.74) is 14.1. The van der Waals surface area contributed by atoms with Crippen LogP contribution < -0.4 is 15.1 Å². The van der Waals surface area contributed by atoms with Gasteiger partial charge in [0.2, 0.25) is 0 Å². The van der Waals surface area contributed by atoms with Crippen molar-refractivity contribution in [1.29, 1.82) is 0 Å². The Kier molecular flexibility index (Phi) is 5.15. The summed E-state index contributed by atoms with van der Waals surface area (Å²) in [7, 11) is 0. The molecule has 3 nitrogen and oxygen atoms in total. The fourth-order valence-corrected chi connectivity index (χ4v) is 6.92. The van der Waals surface area contributed by atoms with Crippen molar-refractivity contribution in [3.63, 3.8) is 0 Å². The number of hydrogen-bond donors (Lipinski definition) is 1. The van der Waals surface area contributed by atoms with Crippen molar-refractivity contribution in [2.75, 3.05) is 16.3 Å². The van der Waals surface area contributed by atoms with Crippen LogP contribution in [0.15, 0.2) is 127 Å². The number of nitrogens with zero attached hydrogens (tertiary/aromatic N) is 2. The minimum absolute atomic E-state index is 0.0284. The van der Waals surface area contributed by atoms with E-state index >= 15 is 0 Å². The number of nitrogens with one attached hydrogen (secondary N) is 1. The molecule has 0 saturated heterocycles. The van der Waals surface area contributed by atoms with E-state index in [1.165, 1.54) is 72.6 Å². The smallest absolute Gasteiger partial charge is 0.123 e. The Morgan fingerprint density at radius 1 is 0.650 bits per heavy atom. The lowest BCUT2D eigenvalue weighted by atomic mass is 9.92. The highest BCUT2D eigenvalue weighted by Gasteiger charge is 2.32. The van der Waals surface area contributed by atoms with Gasteiger partial charge in [-0.25, -0.2) is 0 Å². The maximum atomic E-state index is 3.75. The van der Waals surface area contributed by atoms with E-state index in [1.807, 2.05) is 0 Å². The topological polar surface area (TPSA) is 18.5 Å². The summed E-state index contributed by atoms with van der Waals surface area (Å²) in [6.45, 7) is 5.33. The summed E-state index contributed by atoms with van der Waals surface area (Å²) in [5.74, 6) is 0. The summed E-state index contributed by atoms with van der Waals surface area (Å²) in [4.78, 5) is 5.01. The molecule has 3 aliphatic heterocycles. The molecule has 0 aliphatic carbocycles. The fourth-order valence-electron chi connectivity index (χ4n) is 6.92. The maximum Gasteiger partial charge on any atom is 0.123 e. The molecular weight excluding hydrogens is 486 g/mol. The van der Waals surface area contributed by atoms with Crippen molar-refractivity contribution >= 4 is 33.5 Å². The number of allylic oxidation sites excluding steroid dienone is 3. The molecule has 40 heavy (non-hydrogen) atoms. The number of hydrogen-bond acceptors (Lipinski definition) is 3. The van der Waals surface area contributed by atoms with E-state index in [2.05, 4.69) is 144 Å². The average molecular weight is 518 g/mol. The Labute approximate surface area is 235 Å². The summed E-state index contributed by atoms with van der Waals surface area (Å²) in [5, 5.41) is 6.33. The highest BCUT2D eigenvalue weighted by atomic mass is 15.3. The number of para-hydroxylation sites is 2. The Balaban J connectivity index is 1.36. The molecule has 0 amide bonds. The van der Waals surface area contributed by atoms with E-state index in [0.29, 0.717) is 0 Å². The summed E-state index contributed by atoms with van der Waals surface area (Å²) in [6, 6.07) is 38.1. The molecule has 3 heteroatoms. The molecule has 3 heterocycles. The molecule has 5 aromatic carbocycles. The number of dihydropyridines is 1. The molecule has 0 saturated carbocycles. The van der Waals surface area contributed by atoms with E-state index in [-0.39, 0.29) is 6.17 Å². The molecule has 0 radical (unpaired) electrons. The van der Waals surface area contributed by atoms with E-state index in [0.717, 1.165) is 13.0 Å². The minimum Gasteiger partial charge on any atom is -0.365 e. The van der Waals surface area contributed by atoms with Gasteiger partial charge < -0.3 is 15.1 Å². The van der Waals surface area contributed by atoms with E-state index in [4.69, 9.17) is 0 Å². The van der Waals surface area contributed by atoms with Crippen LogP contribution >= 0.6 is 0 Å². The van der Waals surface area contributed by atoms with E-state index in [9.17, 15) is 0 Å². The van der Waals surface area contributed by atoms with Crippen LogP contribution in [0.1, 0.15) is 19.4 Å². The third-order valence-electron chi connectivity index (χ3n) is 8.60. The van der Waals surface area contributed by atoms with Gasteiger partial charge in [0.15, 0.2) is 0 Å². The molecule has 1 atom stereocenters. The molecule has 0 spiro atoms. The zero-order chi connectivity index (χ0) is 26.8. The van der Waals surface area contributed by atoms with Gasteiger partial charge in [0.1, 0.15) is 6.17 Å². The van der Waals surface area contributed by atoms with Gasteiger partial charge in [-0.15, -0.1) is 0 Å². The van der Waals surface area contributed by atoms with Crippen LogP contribution in [0.25, 0.3) is 33.0 Å². The number of rotatable bonds is 2. The van der Waals surface area contributed by atoms with Gasteiger partial charge >= 0.3 is 0 Å². The Morgan fingerprint density at radius 2 is 1.30 bits per heavy atom. The molecule has 5 aromatic rings. The lowest BCUT2D eigenvalue weighted by Crippen LogP contribution is -2.42. The Morgan fingerprint density at radius 3 is 2.08 bits per heavy atom. The second-order valence-corrected chi connectivity index (χ2v) is 11.2. The van der Waals surface area contributed by atoms with Crippen molar-refractivity contribution in [2.45, 2.75) is 26.4 Å². The first-order valence-corrected chi connectivity index (χ1v) is 14.2. The third kappa shape index (κ3) is 3.51. The van der Waals surface area contributed by atoms with Gasteiger partial charge in [0.25, 0.3) is 0 Å². The first-order chi connectivity index (χ1) is 19.7. The Hall–Kier alpha value is -4.76. The van der Waals surface area contributed by atoms with Gasteiger partial charge in [-0.3, -0.25) is 0 Å². The first kappa shape index (κ1) is 23.2. The molecule has 1 unspecified atom stereocenters. The van der Waals surface area contributed by atoms with E-state index in [1.54, 1.807) is 0 Å². The van der Waals surface area contributed by atoms with Crippen LogP contribution in [-0.2, 0) is 6.42 Å². The molecule has 8 rings (SSSR count). The van der Waals surface area contributed by atoms with Crippen LogP contribution in [0, 0.1) is 0 Å². The van der Waals surface area contributed by atoms with Crippen LogP contribution in [0.3, 0.4) is 0 Å². The van der Waals surface area contributed by atoms with Gasteiger partial charge in [-0.2, -0.15) is 0 Å². The molecular formula is C37H31N3. The molecule has 0 fully saturated rings.